The fourth-order valence-corrected chi connectivity index (χ4v) is 9.21. The summed E-state index contributed by atoms with van der Waals surface area (Å²) in [4.78, 5) is 37.5. The number of carboxylic acid groups (broad SMARTS) is 1. The van der Waals surface area contributed by atoms with Crippen LogP contribution < -0.4 is 18.9 Å². The number of likely N-dealkylation sites (N-methyl/N-ethyl adjacent to an activating group) is 1. The van der Waals surface area contributed by atoms with Gasteiger partial charge in [0, 0.05) is 74.4 Å². The Morgan fingerprint density at radius 1 is 1.02 bits per heavy atom. The second-order valence-electron chi connectivity index (χ2n) is 16.4. The second kappa shape index (κ2) is 20.6. The normalized spacial score (nSPS) is 17.2. The lowest BCUT2D eigenvalue weighted by Gasteiger charge is -2.34. The first-order chi connectivity index (χ1) is 31.0. The molecule has 1 saturated heterocycles. The molecule has 0 amide bonds. The van der Waals surface area contributed by atoms with Crippen molar-refractivity contribution in [3.8, 4) is 44.7 Å². The Labute approximate surface area is 381 Å². The Morgan fingerprint density at radius 3 is 2.61 bits per heavy atom. The lowest BCUT2D eigenvalue weighted by molar-refractivity contribution is -0.145. The van der Waals surface area contributed by atoms with Crippen LogP contribution in [0.5, 0.6) is 23.1 Å². The number of hydrogen-bond acceptors (Lipinski definition) is 13. The van der Waals surface area contributed by atoms with Gasteiger partial charge in [0.1, 0.15) is 59.4 Å². The van der Waals surface area contributed by atoms with Gasteiger partial charge in [0.05, 0.1) is 22.2 Å². The molecule has 3 aromatic heterocycles. The van der Waals surface area contributed by atoms with Gasteiger partial charge in [0.2, 0.25) is 12.0 Å². The van der Waals surface area contributed by atoms with E-state index in [1.807, 2.05) is 32.9 Å². The lowest BCUT2D eigenvalue weighted by Crippen LogP contribution is -2.49. The quantitative estimate of drug-likeness (QED) is 0.111. The van der Waals surface area contributed by atoms with E-state index in [0.29, 0.717) is 74.7 Å². The molecule has 16 heteroatoms. The summed E-state index contributed by atoms with van der Waals surface area (Å²) in [5.41, 5.74) is 4.09. The summed E-state index contributed by atoms with van der Waals surface area (Å²) < 4.78 is 46.0. The van der Waals surface area contributed by atoms with E-state index in [0.717, 1.165) is 60.6 Å². The van der Waals surface area contributed by atoms with Crippen LogP contribution in [0.25, 0.3) is 31.8 Å². The number of carboxylic acids is 1. The number of aliphatic carboxylic acids is 1. The zero-order chi connectivity index (χ0) is 44.7. The van der Waals surface area contributed by atoms with Gasteiger partial charge < -0.3 is 33.7 Å². The van der Waals surface area contributed by atoms with Crippen molar-refractivity contribution in [1.82, 2.24) is 29.7 Å². The van der Waals surface area contributed by atoms with Crippen molar-refractivity contribution in [3.05, 3.63) is 107 Å². The fourth-order valence-electron chi connectivity index (χ4n) is 7.85. The Kier molecular flexibility index (Phi) is 14.5. The zero-order valence-electron chi connectivity index (χ0n) is 36.4. The summed E-state index contributed by atoms with van der Waals surface area (Å²) in [6.07, 6.45) is 3.80. The van der Waals surface area contributed by atoms with Crippen LogP contribution >= 0.6 is 22.9 Å². The predicted octanol–water partition coefficient (Wildman–Crippen LogP) is 8.70. The van der Waals surface area contributed by atoms with Crippen LogP contribution in [0, 0.1) is 12.7 Å². The highest BCUT2D eigenvalue weighted by Crippen LogP contribution is 2.49. The zero-order valence-corrected chi connectivity index (χ0v) is 38.0. The van der Waals surface area contributed by atoms with Crippen LogP contribution in [0.3, 0.4) is 0 Å². The highest BCUT2D eigenvalue weighted by molar-refractivity contribution is 7.22. The molecule has 13 nitrogen and oxygen atoms in total. The van der Waals surface area contributed by atoms with Crippen LogP contribution in [-0.2, 0) is 29.0 Å². The van der Waals surface area contributed by atoms with Crippen LogP contribution in [0.1, 0.15) is 49.3 Å². The Morgan fingerprint density at radius 2 is 1.83 bits per heavy atom. The molecule has 0 aliphatic carbocycles. The smallest absolute Gasteiger partial charge is 0.345 e. The number of benzene rings is 3. The van der Waals surface area contributed by atoms with Crippen molar-refractivity contribution in [2.24, 2.45) is 0 Å². The number of nitrogens with zero attached hydrogens (tertiary/aromatic N) is 6. The number of fused-ring (bicyclic) bond motifs is 7. The van der Waals surface area contributed by atoms with E-state index in [1.165, 1.54) is 29.8 Å². The van der Waals surface area contributed by atoms with E-state index in [-0.39, 0.29) is 37.4 Å². The summed E-state index contributed by atoms with van der Waals surface area (Å²) >= 11 is 8.60. The van der Waals surface area contributed by atoms with Gasteiger partial charge in [-0.1, -0.05) is 29.8 Å². The summed E-state index contributed by atoms with van der Waals surface area (Å²) in [5, 5.41) is 11.7. The molecule has 0 spiro atoms. The molecule has 336 valence electrons. The number of thiophene rings is 1. The number of unbranched alkanes of at least 4 members (excludes halogenated alkanes) is 1. The molecule has 1 N–H and O–H groups in total. The minimum Gasteiger partial charge on any atom is -0.490 e. The van der Waals surface area contributed by atoms with E-state index in [2.05, 4.69) is 31.8 Å². The molecule has 64 heavy (non-hydrogen) atoms. The Bertz CT molecular complexity index is 2570. The molecular formula is C48H52ClFN6O7S. The Hall–Kier alpha value is -5.45. The van der Waals surface area contributed by atoms with Gasteiger partial charge in [0.25, 0.3) is 0 Å². The van der Waals surface area contributed by atoms with Crippen molar-refractivity contribution in [3.63, 3.8) is 0 Å². The molecular weight excluding hydrogens is 859 g/mol. The largest absolute Gasteiger partial charge is 0.490 e. The van der Waals surface area contributed by atoms with E-state index >= 15 is 0 Å². The van der Waals surface area contributed by atoms with E-state index in [1.54, 1.807) is 42.6 Å². The molecule has 3 aliphatic rings. The summed E-state index contributed by atoms with van der Waals surface area (Å²) in [5.74, 6) is 0.641. The minimum atomic E-state index is -1.42. The average Bonchev–Trinajstić information content (AvgIpc) is 3.67. The molecule has 2 atom stereocenters. The molecule has 4 bridgehead atoms. The highest BCUT2D eigenvalue weighted by Gasteiger charge is 2.30. The molecule has 6 heterocycles. The standard InChI is InChI=1S/C48H52ClFN6O7S/c1-29(2)59-22-6-5-7-41-51-17-16-34(54-41)26-61-38-14-12-35-23-32(38)24-40(48(57)58)63-46-43-42(45(64-47(43)53-28-52-46)31-8-10-33(50)11-9-31)37-13-15-39(44(49)30(37)3)62-36(27-60-35)25-56-20-18-55(4)19-21-56/h8-17,23,28-29,36,40H,5-7,18-22,24-27H2,1-4H3,(H,57,58)/t36-,40-/m1/s1. The highest BCUT2D eigenvalue weighted by atomic mass is 35.5. The average molecular weight is 911 g/mol. The number of ether oxygens (including phenoxy) is 5. The van der Waals surface area contributed by atoms with Gasteiger partial charge in [-0.05, 0) is 99.8 Å². The number of aryl methyl sites for hydroxylation is 1. The molecule has 1 fully saturated rings. The van der Waals surface area contributed by atoms with Crippen LogP contribution in [0.2, 0.25) is 5.02 Å². The molecule has 3 aromatic carbocycles. The molecule has 9 rings (SSSR count). The molecule has 3 aliphatic heterocycles. The number of halogens is 2. The third kappa shape index (κ3) is 10.9. The molecule has 6 aromatic rings. The van der Waals surface area contributed by atoms with Gasteiger partial charge in [0.15, 0.2) is 0 Å². The summed E-state index contributed by atoms with van der Waals surface area (Å²) in [6, 6.07) is 17.1. The monoisotopic (exact) mass is 910 g/mol. The molecule has 0 radical (unpaired) electrons. The van der Waals surface area contributed by atoms with Gasteiger partial charge in [-0.15, -0.1) is 11.3 Å². The number of rotatable bonds is 13. The van der Waals surface area contributed by atoms with Crippen molar-refractivity contribution in [2.45, 2.75) is 71.4 Å². The van der Waals surface area contributed by atoms with Crippen LogP contribution in [0.15, 0.2) is 73.2 Å². The van der Waals surface area contributed by atoms with Crippen LogP contribution in [0.4, 0.5) is 4.39 Å². The number of aromatic nitrogens is 4. The van der Waals surface area contributed by atoms with E-state index < -0.39 is 18.2 Å². The summed E-state index contributed by atoms with van der Waals surface area (Å²) in [6.45, 7) is 11.1. The van der Waals surface area contributed by atoms with Crippen LogP contribution in [-0.4, -0.2) is 112 Å². The molecule has 0 saturated carbocycles. The van der Waals surface area contributed by atoms with Gasteiger partial charge in [-0.2, -0.15) is 0 Å². The van der Waals surface area contributed by atoms with Gasteiger partial charge in [-0.25, -0.2) is 29.1 Å². The number of piperazine rings is 1. The third-order valence-electron chi connectivity index (χ3n) is 11.3. The third-order valence-corrected chi connectivity index (χ3v) is 12.9. The van der Waals surface area contributed by atoms with Crippen molar-refractivity contribution < 1.29 is 38.0 Å². The maximum absolute atomic E-state index is 14.3. The van der Waals surface area contributed by atoms with Gasteiger partial charge >= 0.3 is 5.97 Å². The van der Waals surface area contributed by atoms with E-state index in [9.17, 15) is 14.3 Å². The Balaban J connectivity index is 1.17. The first-order valence-corrected chi connectivity index (χ1v) is 22.8. The lowest BCUT2D eigenvalue weighted by atomic mass is 9.96. The minimum absolute atomic E-state index is 0.0728. The second-order valence-corrected chi connectivity index (χ2v) is 17.8. The maximum atomic E-state index is 14.3. The first kappa shape index (κ1) is 45.1. The SMILES string of the molecule is Cc1c2ccc(c1Cl)O[C@H](CN1CCN(C)CC1)COc1ccc(OCc3ccnc(CCCCOC(C)C)n3)c(c1)C[C@H](C(=O)O)Oc1ncnc3sc(-c4ccc(F)cc4)c-2c13. The van der Waals surface area contributed by atoms with Crippen molar-refractivity contribution >= 4 is 39.1 Å². The summed E-state index contributed by atoms with van der Waals surface area (Å²) in [7, 11) is 2.12. The van der Waals surface area contributed by atoms with Crippen molar-refractivity contribution in [1.29, 1.82) is 0 Å². The topological polar surface area (TPSA) is 141 Å². The number of carbonyl (C=O) groups is 1. The van der Waals surface area contributed by atoms with Crippen molar-refractivity contribution in [2.75, 3.05) is 53.0 Å². The fraction of sp³-hybridized carbons (Fsp3) is 0.396. The van der Waals surface area contributed by atoms with Gasteiger partial charge in [-0.3, -0.25) is 4.90 Å². The first-order valence-electron chi connectivity index (χ1n) is 21.6. The van der Waals surface area contributed by atoms with E-state index in [4.69, 9.17) is 40.3 Å². The maximum Gasteiger partial charge on any atom is 0.345 e. The molecule has 0 unspecified atom stereocenters. The predicted molar refractivity (Wildman–Crippen MR) is 244 cm³/mol. The number of hydrogen-bond donors (Lipinski definition) is 1.